The second-order valence-corrected chi connectivity index (χ2v) is 9.38. The minimum Gasteiger partial charge on any atom is -0.497 e. The first-order valence-electron chi connectivity index (χ1n) is 11.1. The Balaban J connectivity index is 1.61. The fourth-order valence-corrected chi connectivity index (χ4v) is 4.43. The predicted octanol–water partition coefficient (Wildman–Crippen LogP) is 5.03. The fraction of sp³-hybridized carbons (Fsp3) is 0.560. The number of rotatable bonds is 7. The molecule has 1 aliphatic heterocycles. The van der Waals surface area contributed by atoms with Gasteiger partial charge in [-0.25, -0.2) is 4.79 Å². The van der Waals surface area contributed by atoms with Crippen molar-refractivity contribution in [2.45, 2.75) is 58.5 Å². The average molecular weight is 427 g/mol. The number of amides is 1. The number of aromatic nitrogens is 1. The number of aryl methyl sites for hydroxylation is 1. The van der Waals surface area contributed by atoms with Crippen molar-refractivity contribution in [1.29, 1.82) is 0 Å². The number of nitrogens with zero attached hydrogens (tertiary/aromatic N) is 2. The quantitative estimate of drug-likeness (QED) is 0.581. The molecule has 2 aromatic rings. The van der Waals surface area contributed by atoms with Crippen LogP contribution in [0.1, 0.15) is 52.0 Å². The highest BCUT2D eigenvalue weighted by Gasteiger charge is 2.33. The molecule has 1 amide bonds. The van der Waals surface area contributed by atoms with Crippen LogP contribution in [0.4, 0.5) is 4.79 Å². The molecule has 1 aromatic carbocycles. The summed E-state index contributed by atoms with van der Waals surface area (Å²) in [4.78, 5) is 29.9. The molecule has 31 heavy (non-hydrogen) atoms. The molecule has 0 aliphatic carbocycles. The average Bonchev–Trinajstić information content (AvgIpc) is 2.73. The van der Waals surface area contributed by atoms with Crippen molar-refractivity contribution in [1.82, 2.24) is 9.88 Å². The van der Waals surface area contributed by atoms with E-state index in [9.17, 15) is 9.59 Å². The maximum atomic E-state index is 12.4. The molecule has 1 saturated heterocycles. The largest absolute Gasteiger partial charge is 0.497 e. The van der Waals surface area contributed by atoms with Crippen molar-refractivity contribution in [2.24, 2.45) is 11.8 Å². The molecule has 0 spiro atoms. The minimum absolute atomic E-state index is 0.188. The Kier molecular flexibility index (Phi) is 7.52. The number of hydrogen-bond acceptors (Lipinski definition) is 5. The van der Waals surface area contributed by atoms with Gasteiger partial charge in [-0.05, 0) is 88.1 Å². The number of likely N-dealkylation sites (tertiary alicyclic amines) is 1. The van der Waals surface area contributed by atoms with E-state index in [0.29, 0.717) is 25.4 Å². The zero-order chi connectivity index (χ0) is 22.4. The van der Waals surface area contributed by atoms with Crippen LogP contribution in [-0.4, -0.2) is 48.1 Å². The Labute approximate surface area is 184 Å². The second-order valence-electron chi connectivity index (χ2n) is 9.38. The molecule has 0 unspecified atom stereocenters. The molecule has 1 fully saturated rings. The summed E-state index contributed by atoms with van der Waals surface area (Å²) in [5.74, 6) is 1.46. The third kappa shape index (κ3) is 6.18. The Morgan fingerprint density at radius 3 is 2.77 bits per heavy atom. The van der Waals surface area contributed by atoms with Crippen molar-refractivity contribution in [3.8, 4) is 5.75 Å². The van der Waals surface area contributed by atoms with Crippen LogP contribution in [0.25, 0.3) is 10.9 Å². The highest BCUT2D eigenvalue weighted by Crippen LogP contribution is 2.32. The van der Waals surface area contributed by atoms with Crippen LogP contribution in [0.3, 0.4) is 0 Å². The van der Waals surface area contributed by atoms with E-state index in [-0.39, 0.29) is 12.0 Å². The first kappa shape index (κ1) is 23.0. The lowest BCUT2D eigenvalue weighted by Crippen LogP contribution is -2.46. The number of hydrogen-bond donors (Lipinski definition) is 0. The highest BCUT2D eigenvalue weighted by molar-refractivity contribution is 5.83. The molecule has 2 atom stereocenters. The number of aldehydes is 1. The van der Waals surface area contributed by atoms with Gasteiger partial charge >= 0.3 is 6.09 Å². The van der Waals surface area contributed by atoms with Gasteiger partial charge in [-0.1, -0.05) is 0 Å². The Hall–Kier alpha value is -2.63. The Morgan fingerprint density at radius 2 is 2.06 bits per heavy atom. The molecule has 6 nitrogen and oxygen atoms in total. The number of carbonyl (C=O) groups excluding carboxylic acids is 2. The third-order valence-corrected chi connectivity index (χ3v) is 6.00. The summed E-state index contributed by atoms with van der Waals surface area (Å²) in [7, 11) is 1.67. The van der Waals surface area contributed by atoms with E-state index < -0.39 is 5.60 Å². The van der Waals surface area contributed by atoms with E-state index in [1.54, 1.807) is 12.0 Å². The molecule has 0 bridgehead atoms. The lowest BCUT2D eigenvalue weighted by molar-refractivity contribution is -0.109. The van der Waals surface area contributed by atoms with Gasteiger partial charge in [0.1, 0.15) is 17.6 Å². The summed E-state index contributed by atoms with van der Waals surface area (Å²) in [5.41, 5.74) is 1.73. The van der Waals surface area contributed by atoms with Gasteiger partial charge in [0.2, 0.25) is 0 Å². The number of fused-ring (bicyclic) bond motifs is 1. The van der Waals surface area contributed by atoms with E-state index in [2.05, 4.69) is 11.1 Å². The zero-order valence-electron chi connectivity index (χ0n) is 19.1. The third-order valence-electron chi connectivity index (χ3n) is 6.00. The first-order valence-corrected chi connectivity index (χ1v) is 11.1. The van der Waals surface area contributed by atoms with Crippen molar-refractivity contribution >= 4 is 23.3 Å². The van der Waals surface area contributed by atoms with Crippen LogP contribution in [0, 0.1) is 11.8 Å². The van der Waals surface area contributed by atoms with Crippen molar-refractivity contribution < 1.29 is 19.1 Å². The highest BCUT2D eigenvalue weighted by atomic mass is 16.6. The Bertz CT molecular complexity index is 906. The molecular formula is C25H34N2O4. The van der Waals surface area contributed by atoms with Crippen LogP contribution >= 0.6 is 0 Å². The first-order chi connectivity index (χ1) is 14.8. The molecular weight excluding hydrogens is 392 g/mol. The summed E-state index contributed by atoms with van der Waals surface area (Å²) in [6.45, 7) is 6.90. The molecule has 1 aliphatic rings. The molecule has 168 valence electrons. The van der Waals surface area contributed by atoms with Gasteiger partial charge in [0.15, 0.2) is 0 Å². The van der Waals surface area contributed by atoms with Crippen LogP contribution in [0.2, 0.25) is 0 Å². The van der Waals surface area contributed by atoms with E-state index >= 15 is 0 Å². The van der Waals surface area contributed by atoms with E-state index in [1.165, 1.54) is 5.56 Å². The normalized spacial score (nSPS) is 19.3. The summed E-state index contributed by atoms with van der Waals surface area (Å²) < 4.78 is 10.9. The molecule has 0 saturated carbocycles. The standard InChI is InChI=1S/C25H34N2O4/c1-25(2,3)31-24(29)27-14-11-18(20(17-27)12-15-28)6-5-7-19-10-13-26-23-9-8-21(30-4)16-22(19)23/h8-10,13,15-16,18,20H,5-7,11-12,14,17H2,1-4H3/t18-,20-/m1/s1. The number of benzene rings is 1. The lowest BCUT2D eigenvalue weighted by atomic mass is 9.80. The lowest BCUT2D eigenvalue weighted by Gasteiger charge is -2.38. The topological polar surface area (TPSA) is 68.7 Å². The van der Waals surface area contributed by atoms with Gasteiger partial charge in [-0.3, -0.25) is 4.98 Å². The van der Waals surface area contributed by atoms with Crippen molar-refractivity contribution in [3.63, 3.8) is 0 Å². The maximum absolute atomic E-state index is 12.4. The van der Waals surface area contributed by atoms with Crippen molar-refractivity contribution in [2.75, 3.05) is 20.2 Å². The molecule has 0 radical (unpaired) electrons. The summed E-state index contributed by atoms with van der Waals surface area (Å²) >= 11 is 0. The minimum atomic E-state index is -0.510. The maximum Gasteiger partial charge on any atom is 0.410 e. The van der Waals surface area contributed by atoms with Crippen LogP contribution < -0.4 is 4.74 Å². The smallest absolute Gasteiger partial charge is 0.410 e. The number of ether oxygens (including phenoxy) is 2. The number of piperidine rings is 1. The van der Waals surface area contributed by atoms with Gasteiger partial charge in [0.25, 0.3) is 0 Å². The summed E-state index contributed by atoms with van der Waals surface area (Å²) in [6.07, 6.45) is 6.97. The fourth-order valence-electron chi connectivity index (χ4n) is 4.43. The monoisotopic (exact) mass is 426 g/mol. The van der Waals surface area contributed by atoms with E-state index in [0.717, 1.165) is 48.6 Å². The number of pyridine rings is 1. The van der Waals surface area contributed by atoms with E-state index in [1.807, 2.05) is 45.2 Å². The van der Waals surface area contributed by atoms with Gasteiger partial charge in [-0.15, -0.1) is 0 Å². The van der Waals surface area contributed by atoms with Crippen molar-refractivity contribution in [3.05, 3.63) is 36.0 Å². The SMILES string of the molecule is COc1ccc2nccc(CCC[C@@H]3CCN(C(=O)OC(C)(C)C)C[C@H]3CC=O)c2c1. The molecule has 2 heterocycles. The van der Waals surface area contributed by atoms with Gasteiger partial charge in [0.05, 0.1) is 12.6 Å². The van der Waals surface area contributed by atoms with Crippen LogP contribution in [-0.2, 0) is 16.0 Å². The molecule has 1 aromatic heterocycles. The number of carbonyl (C=O) groups is 2. The van der Waals surface area contributed by atoms with Crippen LogP contribution in [0.15, 0.2) is 30.5 Å². The second kappa shape index (κ2) is 10.1. The van der Waals surface area contributed by atoms with Crippen LogP contribution in [0.5, 0.6) is 5.75 Å². The van der Waals surface area contributed by atoms with Gasteiger partial charge < -0.3 is 19.2 Å². The Morgan fingerprint density at radius 1 is 1.26 bits per heavy atom. The van der Waals surface area contributed by atoms with Gasteiger partial charge in [0, 0.05) is 31.1 Å². The molecule has 0 N–H and O–H groups in total. The summed E-state index contributed by atoms with van der Waals surface area (Å²) in [6, 6.07) is 8.05. The zero-order valence-corrected chi connectivity index (χ0v) is 19.1. The molecule has 6 heteroatoms. The number of methoxy groups -OCH3 is 1. The molecule has 3 rings (SSSR count). The predicted molar refractivity (Wildman–Crippen MR) is 121 cm³/mol. The van der Waals surface area contributed by atoms with E-state index in [4.69, 9.17) is 9.47 Å². The van der Waals surface area contributed by atoms with Gasteiger partial charge in [-0.2, -0.15) is 0 Å². The summed E-state index contributed by atoms with van der Waals surface area (Å²) in [5, 5.41) is 1.13.